The van der Waals surface area contributed by atoms with Crippen molar-refractivity contribution < 1.29 is 14.0 Å². The molecule has 0 atom stereocenters. The first kappa shape index (κ1) is 18.5. The largest absolute Gasteiger partial charge is 0.273 e. The normalized spacial score (nSPS) is 11.0. The highest BCUT2D eigenvalue weighted by Gasteiger charge is 2.16. The van der Waals surface area contributed by atoms with E-state index in [1.807, 2.05) is 13.8 Å². The van der Waals surface area contributed by atoms with Crippen LogP contribution >= 0.6 is 0 Å². The molecule has 2 amide bonds. The Hall–Kier alpha value is -3.29. The lowest BCUT2D eigenvalue weighted by Crippen LogP contribution is -2.42. The molecule has 0 radical (unpaired) electrons. The lowest BCUT2D eigenvalue weighted by Gasteiger charge is -2.10. The number of hydrogen-bond acceptors (Lipinski definition) is 4. The first-order chi connectivity index (χ1) is 12.8. The van der Waals surface area contributed by atoms with Crippen molar-refractivity contribution >= 4 is 22.8 Å². The van der Waals surface area contributed by atoms with Gasteiger partial charge in [0.25, 0.3) is 5.91 Å². The van der Waals surface area contributed by atoms with E-state index in [-0.39, 0.29) is 18.3 Å². The number of benzene rings is 1. The van der Waals surface area contributed by atoms with Gasteiger partial charge >= 0.3 is 0 Å². The topological polar surface area (TPSA) is 88.9 Å². The van der Waals surface area contributed by atoms with Crippen LogP contribution in [0.3, 0.4) is 0 Å². The van der Waals surface area contributed by atoms with Crippen molar-refractivity contribution in [3.63, 3.8) is 0 Å². The molecule has 0 unspecified atom stereocenters. The number of carbonyl (C=O) groups excluding carboxylic acids is 2. The lowest BCUT2D eigenvalue weighted by atomic mass is 10.1. The van der Waals surface area contributed by atoms with Crippen LogP contribution in [0.4, 0.5) is 4.39 Å². The van der Waals surface area contributed by atoms with Crippen LogP contribution < -0.4 is 10.9 Å². The van der Waals surface area contributed by atoms with E-state index in [0.29, 0.717) is 22.5 Å². The molecule has 3 rings (SSSR count). The number of hydrazine groups is 1. The van der Waals surface area contributed by atoms with Crippen LogP contribution in [0.1, 0.15) is 41.5 Å². The first-order valence-corrected chi connectivity index (χ1v) is 8.53. The Balaban J connectivity index is 1.68. The fourth-order valence-electron chi connectivity index (χ4n) is 2.70. The third-order valence-corrected chi connectivity index (χ3v) is 4.09. The number of hydrogen-bond donors (Lipinski definition) is 2. The van der Waals surface area contributed by atoms with E-state index >= 15 is 0 Å². The standard InChI is InChI=1S/C19H20FN5O2/c1-11(2)25-18-14(10-21-25)9-16(12(3)22-18)19(27)24-23-17(26)8-13-4-6-15(20)7-5-13/h4-7,9-11H,8H2,1-3H3,(H,23,26)(H,24,27). The van der Waals surface area contributed by atoms with Crippen LogP contribution in [0, 0.1) is 12.7 Å². The number of aromatic nitrogens is 3. The summed E-state index contributed by atoms with van der Waals surface area (Å²) in [6.07, 6.45) is 1.68. The zero-order valence-corrected chi connectivity index (χ0v) is 15.3. The smallest absolute Gasteiger partial charge is 0.271 e. The van der Waals surface area contributed by atoms with Crippen LogP contribution in [0.2, 0.25) is 0 Å². The number of pyridine rings is 1. The minimum atomic E-state index is -0.466. The molecule has 8 heteroatoms. The zero-order chi connectivity index (χ0) is 19.6. The summed E-state index contributed by atoms with van der Waals surface area (Å²) in [5.74, 6) is -1.24. The molecule has 27 heavy (non-hydrogen) atoms. The van der Waals surface area contributed by atoms with Gasteiger partial charge in [0, 0.05) is 11.4 Å². The Bertz CT molecular complexity index is 995. The Kier molecular flexibility index (Phi) is 5.16. The molecule has 7 nitrogen and oxygen atoms in total. The quantitative estimate of drug-likeness (QED) is 0.692. The molecule has 140 valence electrons. The average Bonchev–Trinajstić information content (AvgIpc) is 3.04. The summed E-state index contributed by atoms with van der Waals surface area (Å²) >= 11 is 0. The van der Waals surface area contributed by atoms with E-state index in [1.54, 1.807) is 23.9 Å². The van der Waals surface area contributed by atoms with Crippen molar-refractivity contribution in [3.8, 4) is 0 Å². The van der Waals surface area contributed by atoms with Gasteiger partial charge in [0.15, 0.2) is 5.65 Å². The maximum Gasteiger partial charge on any atom is 0.271 e. The fourth-order valence-corrected chi connectivity index (χ4v) is 2.70. The van der Waals surface area contributed by atoms with Gasteiger partial charge in [0.1, 0.15) is 5.82 Å². The van der Waals surface area contributed by atoms with E-state index in [2.05, 4.69) is 20.9 Å². The van der Waals surface area contributed by atoms with Gasteiger partial charge in [-0.1, -0.05) is 12.1 Å². The lowest BCUT2D eigenvalue weighted by molar-refractivity contribution is -0.121. The molecule has 0 aliphatic heterocycles. The van der Waals surface area contributed by atoms with Crippen molar-refractivity contribution in [1.82, 2.24) is 25.6 Å². The van der Waals surface area contributed by atoms with Gasteiger partial charge in [-0.25, -0.2) is 14.1 Å². The summed E-state index contributed by atoms with van der Waals surface area (Å²) in [4.78, 5) is 28.8. The molecule has 0 aliphatic carbocycles. The Morgan fingerprint density at radius 2 is 1.89 bits per heavy atom. The summed E-state index contributed by atoms with van der Waals surface area (Å²) < 4.78 is 14.7. The van der Waals surface area contributed by atoms with Crippen LogP contribution in [-0.2, 0) is 11.2 Å². The predicted octanol–water partition coefficient (Wildman–Crippen LogP) is 2.46. The Morgan fingerprint density at radius 3 is 2.56 bits per heavy atom. The van der Waals surface area contributed by atoms with Gasteiger partial charge in [-0.05, 0) is 44.5 Å². The van der Waals surface area contributed by atoms with Crippen molar-refractivity contribution in [2.45, 2.75) is 33.2 Å². The van der Waals surface area contributed by atoms with Crippen LogP contribution in [0.15, 0.2) is 36.5 Å². The van der Waals surface area contributed by atoms with Crippen LogP contribution in [-0.4, -0.2) is 26.6 Å². The zero-order valence-electron chi connectivity index (χ0n) is 15.3. The first-order valence-electron chi connectivity index (χ1n) is 8.53. The highest BCUT2D eigenvalue weighted by molar-refractivity contribution is 5.99. The summed E-state index contributed by atoms with van der Waals surface area (Å²) in [5, 5.41) is 5.04. The third-order valence-electron chi connectivity index (χ3n) is 4.09. The number of carbonyl (C=O) groups is 2. The van der Waals surface area contributed by atoms with Gasteiger partial charge in [0.05, 0.1) is 23.9 Å². The second kappa shape index (κ2) is 7.53. The molecule has 0 bridgehead atoms. The molecule has 0 saturated carbocycles. The van der Waals surface area contributed by atoms with Crippen molar-refractivity contribution in [2.24, 2.45) is 0 Å². The Labute approximate surface area is 155 Å². The van der Waals surface area contributed by atoms with Crippen LogP contribution in [0.25, 0.3) is 11.0 Å². The van der Waals surface area contributed by atoms with E-state index in [4.69, 9.17) is 0 Å². The summed E-state index contributed by atoms with van der Waals surface area (Å²) in [6.45, 7) is 5.73. The monoisotopic (exact) mass is 369 g/mol. The van der Waals surface area contributed by atoms with Crippen molar-refractivity contribution in [1.29, 1.82) is 0 Å². The van der Waals surface area contributed by atoms with Gasteiger partial charge in [0.2, 0.25) is 5.91 Å². The maximum absolute atomic E-state index is 12.9. The van der Waals surface area contributed by atoms with Crippen molar-refractivity contribution in [2.75, 3.05) is 0 Å². The van der Waals surface area contributed by atoms with E-state index in [9.17, 15) is 14.0 Å². The molecule has 0 aliphatic rings. The summed E-state index contributed by atoms with van der Waals surface area (Å²) in [7, 11) is 0. The summed E-state index contributed by atoms with van der Waals surface area (Å²) in [6, 6.07) is 7.45. The molecular formula is C19H20FN5O2. The van der Waals surface area contributed by atoms with Gasteiger partial charge in [-0.15, -0.1) is 0 Å². The number of nitrogens with one attached hydrogen (secondary N) is 2. The molecule has 1 aromatic carbocycles. The second-order valence-electron chi connectivity index (χ2n) is 6.52. The average molecular weight is 369 g/mol. The second-order valence-corrected chi connectivity index (χ2v) is 6.52. The number of nitrogens with zero attached hydrogens (tertiary/aromatic N) is 3. The van der Waals surface area contributed by atoms with Gasteiger partial charge in [-0.3, -0.25) is 20.4 Å². The van der Waals surface area contributed by atoms with E-state index in [0.717, 1.165) is 5.39 Å². The molecular weight excluding hydrogens is 349 g/mol. The summed E-state index contributed by atoms with van der Waals surface area (Å²) in [5.41, 5.74) is 6.99. The highest BCUT2D eigenvalue weighted by atomic mass is 19.1. The van der Waals surface area contributed by atoms with Crippen LogP contribution in [0.5, 0.6) is 0 Å². The minimum absolute atomic E-state index is 0.0258. The molecule has 2 heterocycles. The predicted molar refractivity (Wildman–Crippen MR) is 98.4 cm³/mol. The molecule has 0 fully saturated rings. The molecule has 3 aromatic rings. The SMILES string of the molecule is Cc1nc2c(cnn2C(C)C)cc1C(=O)NNC(=O)Cc1ccc(F)cc1. The molecule has 0 spiro atoms. The number of fused-ring (bicyclic) bond motifs is 1. The van der Waals surface area contributed by atoms with E-state index < -0.39 is 11.8 Å². The fraction of sp³-hybridized carbons (Fsp3) is 0.263. The van der Waals surface area contributed by atoms with E-state index in [1.165, 1.54) is 24.3 Å². The Morgan fingerprint density at radius 1 is 1.19 bits per heavy atom. The number of rotatable bonds is 4. The van der Waals surface area contributed by atoms with Gasteiger partial charge in [-0.2, -0.15) is 5.10 Å². The third kappa shape index (κ3) is 4.11. The number of halogens is 1. The molecule has 2 aromatic heterocycles. The van der Waals surface area contributed by atoms with Gasteiger partial charge < -0.3 is 0 Å². The van der Waals surface area contributed by atoms with Crippen molar-refractivity contribution in [3.05, 3.63) is 59.2 Å². The molecule has 2 N–H and O–H groups in total. The number of aryl methyl sites for hydroxylation is 1. The maximum atomic E-state index is 12.9. The number of amides is 2. The highest BCUT2D eigenvalue weighted by Crippen LogP contribution is 2.19. The minimum Gasteiger partial charge on any atom is -0.273 e. The molecule has 0 saturated heterocycles.